The van der Waals surface area contributed by atoms with Crippen molar-refractivity contribution in [1.29, 1.82) is 0 Å². The molecule has 2 aromatic rings. The molecule has 1 heterocycles. The molecule has 0 aliphatic carbocycles. The number of carbonyl (C=O) groups excluding carboxylic acids is 1. The second-order valence-electron chi connectivity index (χ2n) is 6.08. The number of anilines is 1. The second kappa shape index (κ2) is 8.83. The van der Waals surface area contributed by atoms with Crippen molar-refractivity contribution in [2.75, 3.05) is 5.32 Å². The van der Waals surface area contributed by atoms with Gasteiger partial charge < -0.3 is 5.32 Å². The van der Waals surface area contributed by atoms with Gasteiger partial charge in [-0.1, -0.05) is 50.1 Å². The third kappa shape index (κ3) is 5.18. The minimum absolute atomic E-state index is 0.297. The van der Waals surface area contributed by atoms with Crippen molar-refractivity contribution in [3.63, 3.8) is 0 Å². The Morgan fingerprint density at radius 2 is 1.96 bits per heavy atom. The van der Waals surface area contributed by atoms with Gasteiger partial charge in [0.25, 0.3) is 5.91 Å². The van der Waals surface area contributed by atoms with Crippen LogP contribution >= 0.6 is 0 Å². The Kier molecular flexibility index (Phi) is 6.76. The number of hydrogen-bond donors (Lipinski definition) is 1. The number of benzene rings is 1. The van der Waals surface area contributed by atoms with E-state index < -0.39 is 29.3 Å². The zero-order valence-electron chi connectivity index (χ0n) is 15.1. The molecule has 0 radical (unpaired) electrons. The van der Waals surface area contributed by atoms with Crippen LogP contribution in [0, 0.1) is 5.95 Å². The third-order valence-electron chi connectivity index (χ3n) is 3.95. The van der Waals surface area contributed by atoms with Gasteiger partial charge in [-0.25, -0.2) is 4.68 Å². The SMILES string of the molecule is CCCCC/C=C/c1ccccc1NC(=O)c1c(C(F)(F)F)nn(C)c1F. The predicted molar refractivity (Wildman–Crippen MR) is 95.7 cm³/mol. The molecule has 1 N–H and O–H groups in total. The van der Waals surface area contributed by atoms with E-state index in [2.05, 4.69) is 17.3 Å². The van der Waals surface area contributed by atoms with Gasteiger partial charge in [-0.05, 0) is 24.5 Å². The molecule has 0 unspecified atom stereocenters. The van der Waals surface area contributed by atoms with Crippen molar-refractivity contribution in [3.8, 4) is 0 Å². The van der Waals surface area contributed by atoms with Crippen LogP contribution in [0.25, 0.3) is 6.08 Å². The van der Waals surface area contributed by atoms with Crippen LogP contribution in [0.15, 0.2) is 30.3 Å². The van der Waals surface area contributed by atoms with Gasteiger partial charge in [0.1, 0.15) is 5.56 Å². The van der Waals surface area contributed by atoms with Crippen molar-refractivity contribution >= 4 is 17.7 Å². The van der Waals surface area contributed by atoms with Crippen molar-refractivity contribution < 1.29 is 22.4 Å². The smallest absolute Gasteiger partial charge is 0.321 e. The number of rotatable bonds is 7. The molecule has 8 heteroatoms. The quantitative estimate of drug-likeness (QED) is 0.512. The van der Waals surface area contributed by atoms with Crippen LogP contribution in [0.3, 0.4) is 0 Å². The summed E-state index contributed by atoms with van der Waals surface area (Å²) < 4.78 is 53.6. The minimum Gasteiger partial charge on any atom is -0.321 e. The number of para-hydroxylation sites is 1. The minimum atomic E-state index is -4.94. The van der Waals surface area contributed by atoms with Crippen molar-refractivity contribution in [2.45, 2.75) is 38.8 Å². The molecule has 146 valence electrons. The highest BCUT2D eigenvalue weighted by Crippen LogP contribution is 2.32. The molecule has 1 amide bonds. The Morgan fingerprint density at radius 1 is 1.26 bits per heavy atom. The number of unbranched alkanes of at least 4 members (excludes halogenated alkanes) is 3. The summed E-state index contributed by atoms with van der Waals surface area (Å²) in [5.74, 6) is -2.54. The molecule has 0 bridgehead atoms. The van der Waals surface area contributed by atoms with Gasteiger partial charge in [0.05, 0.1) is 0 Å². The molecule has 0 fully saturated rings. The van der Waals surface area contributed by atoms with E-state index in [-0.39, 0.29) is 0 Å². The van der Waals surface area contributed by atoms with Crippen LogP contribution in [0.5, 0.6) is 0 Å². The second-order valence-corrected chi connectivity index (χ2v) is 6.08. The summed E-state index contributed by atoms with van der Waals surface area (Å²) >= 11 is 0. The van der Waals surface area contributed by atoms with E-state index in [1.807, 2.05) is 6.08 Å². The molecule has 27 heavy (non-hydrogen) atoms. The summed E-state index contributed by atoms with van der Waals surface area (Å²) in [4.78, 5) is 12.4. The Balaban J connectivity index is 2.25. The zero-order chi connectivity index (χ0) is 20.0. The van der Waals surface area contributed by atoms with Gasteiger partial charge in [-0.3, -0.25) is 4.79 Å². The summed E-state index contributed by atoms with van der Waals surface area (Å²) in [6.45, 7) is 2.10. The fraction of sp³-hybridized carbons (Fsp3) is 0.368. The molecular weight excluding hydrogens is 362 g/mol. The number of aryl methyl sites for hydroxylation is 1. The first kappa shape index (κ1) is 20.7. The van der Waals surface area contributed by atoms with E-state index in [9.17, 15) is 22.4 Å². The van der Waals surface area contributed by atoms with Crippen LogP contribution < -0.4 is 5.32 Å². The molecule has 2 rings (SSSR count). The number of allylic oxidation sites excluding steroid dienone is 1. The lowest BCUT2D eigenvalue weighted by molar-refractivity contribution is -0.141. The molecule has 0 atom stereocenters. The first-order chi connectivity index (χ1) is 12.8. The number of carbonyl (C=O) groups is 1. The van der Waals surface area contributed by atoms with E-state index in [0.717, 1.165) is 32.7 Å². The van der Waals surface area contributed by atoms with Gasteiger partial charge in [0.2, 0.25) is 5.95 Å². The number of hydrogen-bond acceptors (Lipinski definition) is 2. The molecule has 0 saturated carbocycles. The Labute approximate surface area is 154 Å². The number of aromatic nitrogens is 2. The zero-order valence-corrected chi connectivity index (χ0v) is 15.1. The summed E-state index contributed by atoms with van der Waals surface area (Å²) in [5, 5.41) is 5.45. The maximum atomic E-state index is 14.1. The lowest BCUT2D eigenvalue weighted by Gasteiger charge is -2.10. The summed E-state index contributed by atoms with van der Waals surface area (Å²) in [5.41, 5.74) is -1.75. The highest BCUT2D eigenvalue weighted by atomic mass is 19.4. The molecule has 0 saturated heterocycles. The van der Waals surface area contributed by atoms with Crippen LogP contribution in [0.1, 0.15) is 54.2 Å². The van der Waals surface area contributed by atoms with Crippen LogP contribution in [-0.4, -0.2) is 15.7 Å². The van der Waals surface area contributed by atoms with E-state index in [4.69, 9.17) is 0 Å². The van der Waals surface area contributed by atoms with E-state index in [1.54, 1.807) is 30.3 Å². The summed E-state index contributed by atoms with van der Waals surface area (Å²) in [7, 11) is 1.01. The normalized spacial score (nSPS) is 11.9. The number of halogens is 4. The predicted octanol–water partition coefficient (Wildman–Crippen LogP) is 5.42. The monoisotopic (exact) mass is 383 g/mol. The molecule has 1 aromatic heterocycles. The van der Waals surface area contributed by atoms with E-state index in [0.29, 0.717) is 15.9 Å². The maximum absolute atomic E-state index is 14.1. The average Bonchev–Trinajstić information content (AvgIpc) is 2.91. The van der Waals surface area contributed by atoms with Gasteiger partial charge in [-0.2, -0.15) is 22.7 Å². The number of amides is 1. The number of nitrogens with zero attached hydrogens (tertiary/aromatic N) is 2. The molecule has 4 nitrogen and oxygen atoms in total. The first-order valence-corrected chi connectivity index (χ1v) is 8.62. The lowest BCUT2D eigenvalue weighted by Crippen LogP contribution is -2.19. The molecular formula is C19H21F4N3O. The summed E-state index contributed by atoms with van der Waals surface area (Å²) in [6, 6.07) is 6.64. The number of alkyl halides is 3. The Morgan fingerprint density at radius 3 is 2.63 bits per heavy atom. The standard InChI is InChI=1S/C19H21F4N3O/c1-3-4-5-6-7-10-13-11-8-9-12-14(13)24-18(27)15-16(19(21,22)23)25-26(2)17(15)20/h7-12H,3-6H2,1-2H3,(H,24,27)/b10-7+. The fourth-order valence-corrected chi connectivity index (χ4v) is 2.57. The highest BCUT2D eigenvalue weighted by molar-refractivity contribution is 6.06. The highest BCUT2D eigenvalue weighted by Gasteiger charge is 2.41. The van der Waals surface area contributed by atoms with E-state index in [1.165, 1.54) is 0 Å². The van der Waals surface area contributed by atoms with Crippen molar-refractivity contribution in [2.24, 2.45) is 7.05 Å². The van der Waals surface area contributed by atoms with Crippen LogP contribution in [0.2, 0.25) is 0 Å². The Hall–Kier alpha value is -2.64. The van der Waals surface area contributed by atoms with Crippen molar-refractivity contribution in [3.05, 3.63) is 53.1 Å². The fourth-order valence-electron chi connectivity index (χ4n) is 2.57. The van der Waals surface area contributed by atoms with E-state index >= 15 is 0 Å². The third-order valence-corrected chi connectivity index (χ3v) is 3.95. The molecule has 0 aliphatic rings. The summed E-state index contributed by atoms with van der Waals surface area (Å²) in [6.07, 6.45) is 2.86. The Bertz CT molecular complexity index is 825. The van der Waals surface area contributed by atoms with Gasteiger partial charge >= 0.3 is 6.18 Å². The molecule has 0 aliphatic heterocycles. The first-order valence-electron chi connectivity index (χ1n) is 8.62. The molecule has 0 spiro atoms. The maximum Gasteiger partial charge on any atom is 0.436 e. The van der Waals surface area contributed by atoms with Gasteiger partial charge in [0, 0.05) is 12.7 Å². The van der Waals surface area contributed by atoms with Crippen LogP contribution in [0.4, 0.5) is 23.2 Å². The van der Waals surface area contributed by atoms with Crippen LogP contribution in [-0.2, 0) is 13.2 Å². The lowest BCUT2D eigenvalue weighted by atomic mass is 10.1. The van der Waals surface area contributed by atoms with Crippen molar-refractivity contribution in [1.82, 2.24) is 9.78 Å². The largest absolute Gasteiger partial charge is 0.436 e. The number of nitrogens with one attached hydrogen (secondary N) is 1. The van der Waals surface area contributed by atoms with Gasteiger partial charge in [0.15, 0.2) is 5.69 Å². The molecule has 1 aromatic carbocycles. The topological polar surface area (TPSA) is 46.9 Å². The van der Waals surface area contributed by atoms with Gasteiger partial charge in [-0.15, -0.1) is 0 Å². The average molecular weight is 383 g/mol.